The topological polar surface area (TPSA) is 113 Å². The van der Waals surface area contributed by atoms with E-state index in [1.807, 2.05) is 4.72 Å². The predicted octanol–water partition coefficient (Wildman–Crippen LogP) is 20.9. The number of nitrogens with one attached hydrogen (secondary N) is 1. The molecular weight excluding hydrogens is 1660 g/mol. The van der Waals surface area contributed by atoms with Crippen LogP contribution in [0.5, 0.6) is 0 Å². The second-order valence-electron chi connectivity index (χ2n) is 22.9. The van der Waals surface area contributed by atoms with Crippen molar-refractivity contribution in [2.75, 3.05) is 65.9 Å². The molecule has 54 heteroatoms. The molecule has 0 aliphatic rings. The molecule has 0 spiro atoms. The SMILES string of the molecule is C.CN(C)CCCN.CN(C)CCCNS(=O)(=O)CCC(CC(CC(CC(F)(F)CC(F)(F)CC(F)(C(F)(F)F)C(F)(F)F)C(F)(F)F)C(F)(F)F)C(F)(F)F.ClC(Cl)Cl.O=S(=O)(Cl)CCC(CC(CC(CC(F)(F)CC(F)(F)CC(F)(C(F)(F)F)C(F)(F)F)C(F)(F)F)C(F)(F)F)C(F)(F)F. The highest BCUT2D eigenvalue weighted by Gasteiger charge is 2.77. The summed E-state index contributed by atoms with van der Waals surface area (Å²) in [5.41, 5.74) is -8.46. The minimum atomic E-state index is -7.20. The summed E-state index contributed by atoms with van der Waals surface area (Å²) in [5.74, 6) is -49.4. The third-order valence-corrected chi connectivity index (χ3v) is 15.9. The lowest BCUT2D eigenvalue weighted by Crippen LogP contribution is -2.56. The van der Waals surface area contributed by atoms with Gasteiger partial charge in [0.1, 0.15) is 0 Å². The fraction of sp³-hybridized carbons (Fsp3) is 1.00. The second-order valence-corrected chi connectivity index (χ2v) is 29.7. The van der Waals surface area contributed by atoms with Gasteiger partial charge in [-0.15, -0.1) is 0 Å². The Morgan fingerprint density at radius 3 is 0.804 bits per heavy atom. The Labute approximate surface area is 575 Å². The summed E-state index contributed by atoms with van der Waals surface area (Å²) < 4.78 is 579. The molecule has 0 rings (SSSR count). The van der Waals surface area contributed by atoms with Gasteiger partial charge < -0.3 is 15.5 Å². The van der Waals surface area contributed by atoms with Crippen LogP contribution in [0.1, 0.15) is 97.3 Å². The van der Waals surface area contributed by atoms with Crippen molar-refractivity contribution < 1.29 is 192 Å². The molecule has 0 aromatic rings. The fourth-order valence-electron chi connectivity index (χ4n) is 8.46. The number of hydrogen-bond acceptors (Lipinski definition) is 7. The molecule has 0 aliphatic carbocycles. The Morgan fingerprint density at radius 1 is 0.363 bits per heavy atom. The van der Waals surface area contributed by atoms with Gasteiger partial charge in [-0.3, -0.25) is 0 Å². The van der Waals surface area contributed by atoms with Crippen LogP contribution in [0, 0.1) is 35.5 Å². The molecule has 3 N–H and O–H groups in total. The van der Waals surface area contributed by atoms with Crippen LogP contribution in [0.25, 0.3) is 0 Å². The summed E-state index contributed by atoms with van der Waals surface area (Å²) in [6.07, 6.45) is -99.2. The number of alkyl halides is 43. The average molecular weight is 1730 g/mol. The van der Waals surface area contributed by atoms with E-state index in [4.69, 9.17) is 40.5 Å². The molecule has 102 heavy (non-hydrogen) atoms. The van der Waals surface area contributed by atoms with E-state index in [0.717, 1.165) is 19.5 Å². The van der Waals surface area contributed by atoms with Crippen molar-refractivity contribution in [2.24, 2.45) is 41.2 Å². The van der Waals surface area contributed by atoms with Gasteiger partial charge in [-0.05, 0) is 99.2 Å². The molecule has 6 unspecified atom stereocenters. The van der Waals surface area contributed by atoms with Crippen molar-refractivity contribution >= 4 is 64.6 Å². The van der Waals surface area contributed by atoms with Crippen LogP contribution in [0.2, 0.25) is 0 Å². The Kier molecular flexibility index (Phi) is 42.8. The number of nitrogens with two attached hydrogens (primary N) is 1. The van der Waals surface area contributed by atoms with Crippen LogP contribution in [-0.2, 0) is 19.1 Å². The van der Waals surface area contributed by atoms with Gasteiger partial charge in [0.05, 0.1) is 72.7 Å². The molecule has 6 atom stereocenters. The molecule has 8 nitrogen and oxygen atoms in total. The quantitative estimate of drug-likeness (QED) is 0.0286. The Morgan fingerprint density at radius 2 is 0.598 bits per heavy atom. The Balaban J connectivity index is -0.000000533. The number of nitrogens with zero attached hydrogens (tertiary/aromatic N) is 2. The van der Waals surface area contributed by atoms with Crippen LogP contribution in [0.4, 0.5) is 176 Å². The van der Waals surface area contributed by atoms with Crippen molar-refractivity contribution in [3.05, 3.63) is 0 Å². The Hall–Kier alpha value is -1.90. The average Bonchev–Trinajstić information content (AvgIpc) is 0.762. The summed E-state index contributed by atoms with van der Waals surface area (Å²) in [7, 11) is 2.52. The van der Waals surface area contributed by atoms with Gasteiger partial charge in [0.2, 0.25) is 19.1 Å². The van der Waals surface area contributed by atoms with E-state index in [1.165, 1.54) is 0 Å². The van der Waals surface area contributed by atoms with E-state index in [1.54, 1.807) is 19.0 Å². The maximum absolute atomic E-state index is 14.3. The molecule has 0 amide bonds. The van der Waals surface area contributed by atoms with Crippen molar-refractivity contribution in [2.45, 2.75) is 198 Å². The van der Waals surface area contributed by atoms with E-state index < -0.39 is 244 Å². The van der Waals surface area contributed by atoms with Crippen molar-refractivity contribution in [3.63, 3.8) is 0 Å². The number of halogens is 44. The van der Waals surface area contributed by atoms with Gasteiger partial charge in [0.25, 0.3) is 23.7 Å². The summed E-state index contributed by atoms with van der Waals surface area (Å²) in [5, 5.41) is 0. The monoisotopic (exact) mass is 1730 g/mol. The van der Waals surface area contributed by atoms with Gasteiger partial charge in [0.15, 0.2) is 4.30 Å². The number of rotatable bonds is 34. The molecule has 0 bridgehead atoms. The van der Waals surface area contributed by atoms with Gasteiger partial charge in [0, 0.05) is 30.1 Å². The highest BCUT2D eigenvalue weighted by Crippen LogP contribution is 2.57. The van der Waals surface area contributed by atoms with E-state index in [0.29, 0.717) is 0 Å². The first-order chi connectivity index (χ1) is 43.8. The normalized spacial score (nSPS) is 16.4. The van der Waals surface area contributed by atoms with Gasteiger partial charge >= 0.3 is 73.1 Å². The summed E-state index contributed by atoms with van der Waals surface area (Å²) in [4.78, 5) is 3.71. The third-order valence-electron chi connectivity index (χ3n) is 13.3. The minimum Gasteiger partial charge on any atom is -0.330 e. The first-order valence-corrected chi connectivity index (χ1v) is 32.6. The van der Waals surface area contributed by atoms with E-state index in [2.05, 4.69) is 29.7 Å². The van der Waals surface area contributed by atoms with Crippen LogP contribution in [0.3, 0.4) is 0 Å². The van der Waals surface area contributed by atoms with Crippen molar-refractivity contribution in [1.82, 2.24) is 14.5 Å². The highest BCUT2D eigenvalue weighted by atomic mass is 35.7. The zero-order valence-corrected chi connectivity index (χ0v) is 55.9. The first-order valence-electron chi connectivity index (χ1n) is 27.2. The maximum atomic E-state index is 14.3. The van der Waals surface area contributed by atoms with E-state index in [-0.39, 0.29) is 26.9 Å². The van der Waals surface area contributed by atoms with E-state index >= 15 is 0 Å². The summed E-state index contributed by atoms with van der Waals surface area (Å²) in [6, 6.07) is 0. The van der Waals surface area contributed by atoms with Gasteiger partial charge in [-0.25, -0.2) is 65.5 Å². The fourth-order valence-corrected chi connectivity index (χ4v) is 10.5. The number of sulfonamides is 1. The van der Waals surface area contributed by atoms with Crippen molar-refractivity contribution in [3.8, 4) is 0 Å². The predicted molar refractivity (Wildman–Crippen MR) is 289 cm³/mol. The lowest BCUT2D eigenvalue weighted by atomic mass is 9.81. The second kappa shape index (κ2) is 40.2. The molecule has 0 saturated carbocycles. The van der Waals surface area contributed by atoms with Crippen LogP contribution in [-0.4, -0.2) is 194 Å². The molecule has 0 heterocycles. The lowest BCUT2D eigenvalue weighted by molar-refractivity contribution is -0.356. The van der Waals surface area contributed by atoms with Crippen LogP contribution < -0.4 is 10.5 Å². The van der Waals surface area contributed by atoms with Crippen molar-refractivity contribution in [1.29, 1.82) is 0 Å². The molecule has 0 aliphatic heterocycles. The van der Waals surface area contributed by atoms with Crippen LogP contribution >= 0.6 is 45.5 Å². The Bertz CT molecular complexity index is 2560. The van der Waals surface area contributed by atoms with Gasteiger partial charge in [-0.1, -0.05) is 42.2 Å². The lowest BCUT2D eigenvalue weighted by Gasteiger charge is -2.35. The van der Waals surface area contributed by atoms with E-state index in [9.17, 15) is 192 Å². The molecule has 0 aromatic heterocycles. The third kappa shape index (κ3) is 44.5. The molecular formula is C48H66Cl4F40N4O4S2. The smallest absolute Gasteiger partial charge is 0.330 e. The van der Waals surface area contributed by atoms with Gasteiger partial charge in [-0.2, -0.15) is 132 Å². The highest BCUT2D eigenvalue weighted by molar-refractivity contribution is 8.13. The molecule has 0 fully saturated rings. The summed E-state index contributed by atoms with van der Waals surface area (Å²) in [6.45, 7) is 1.87. The van der Waals surface area contributed by atoms with Crippen LogP contribution in [0.15, 0.2) is 0 Å². The molecule has 0 saturated heterocycles. The standard InChI is InChI=1S/C23H30F20N2O2S.C18H17ClF20O2S.C5H14N2.CHCl3.CH4/c1-45(2)6-3-5-44-48(46,47)7-4-13(19(29,30)31)8-14(20(32,33)34)9-15(21(35,36)37)10-16(24,25)11-17(26,27)12-18(28,22(38,39)40)23(41,42)43;19-42(40,41)2-1-8(14(25,26)27)3-9(15(28,29)30)4-10(16(31,32)33)5-11(20,21)6-12(22,23)7-13(24,17(34,35)36)18(37,38)39;1-7(2)5-3-4-6;2-1(3)4;/h13-15,44H,3-12H2,1-2H3;8-10H,1-7H2;3-6H2,1-2H3;1H;1H4. The first kappa shape index (κ1) is 109. The largest absolute Gasteiger partial charge is 0.431 e. The minimum absolute atomic E-state index is 0. The maximum Gasteiger partial charge on any atom is 0.431 e. The zero-order chi connectivity index (χ0) is 82.0. The molecule has 0 aromatic carbocycles. The number of hydrogen-bond donors (Lipinski definition) is 2. The summed E-state index contributed by atoms with van der Waals surface area (Å²) >= 11 is 14.4. The molecule has 0 radical (unpaired) electrons. The molecule has 622 valence electrons. The zero-order valence-electron chi connectivity index (χ0n) is 51.2.